The van der Waals surface area contributed by atoms with E-state index in [0.717, 1.165) is 11.1 Å². The predicted molar refractivity (Wildman–Crippen MR) is 85.6 cm³/mol. The summed E-state index contributed by atoms with van der Waals surface area (Å²) in [4.78, 5) is 11.4. The van der Waals surface area contributed by atoms with Crippen LogP contribution in [0.4, 0.5) is 5.69 Å². The van der Waals surface area contributed by atoms with Gasteiger partial charge in [-0.25, -0.2) is 0 Å². The number of nitrogens with one attached hydrogen (secondary N) is 1. The maximum atomic E-state index is 11.4. The van der Waals surface area contributed by atoms with Crippen molar-refractivity contribution in [2.75, 3.05) is 19.0 Å². The molecule has 2 aromatic carbocycles. The molecule has 0 fully saturated rings. The van der Waals surface area contributed by atoms with Crippen molar-refractivity contribution in [1.29, 1.82) is 0 Å². The van der Waals surface area contributed by atoms with Gasteiger partial charge < -0.3 is 19.9 Å². The number of carbonyl (C=O) groups is 1. The van der Waals surface area contributed by atoms with Crippen LogP contribution < -0.4 is 14.8 Å². The van der Waals surface area contributed by atoms with Crippen LogP contribution in [0.2, 0.25) is 0 Å². The summed E-state index contributed by atoms with van der Waals surface area (Å²) in [6.45, 7) is 0.0186. The second-order valence-electron chi connectivity index (χ2n) is 5.29. The molecule has 4 rings (SSSR count). The van der Waals surface area contributed by atoms with Crippen LogP contribution in [0.1, 0.15) is 0 Å². The predicted octanol–water partition coefficient (Wildman–Crippen LogP) is 2.68. The highest BCUT2D eigenvalue weighted by Crippen LogP contribution is 2.35. The molecule has 2 N–H and O–H groups in total. The lowest BCUT2D eigenvalue weighted by atomic mass is 10.2. The number of amides is 1. The summed E-state index contributed by atoms with van der Waals surface area (Å²) < 4.78 is 12.2. The maximum absolute atomic E-state index is 11.4. The lowest BCUT2D eigenvalue weighted by molar-refractivity contribution is -0.118. The number of nitrogens with zero attached hydrogens (tertiary/aromatic N) is 1. The minimum Gasteiger partial charge on any atom is -0.497 e. The molecule has 0 radical (unpaired) electrons. The van der Waals surface area contributed by atoms with E-state index in [4.69, 9.17) is 9.47 Å². The molecule has 1 amide bonds. The summed E-state index contributed by atoms with van der Waals surface area (Å²) in [5.41, 5.74) is 1.32. The van der Waals surface area contributed by atoms with Crippen molar-refractivity contribution in [3.8, 4) is 23.1 Å². The molecule has 0 aliphatic carbocycles. The van der Waals surface area contributed by atoms with Gasteiger partial charge in [0.25, 0.3) is 5.91 Å². The maximum Gasteiger partial charge on any atom is 0.262 e. The van der Waals surface area contributed by atoms with Gasteiger partial charge >= 0.3 is 0 Å². The molecule has 0 unspecified atom stereocenters. The van der Waals surface area contributed by atoms with E-state index >= 15 is 0 Å². The first-order chi connectivity index (χ1) is 11.2. The molecule has 0 saturated heterocycles. The van der Waals surface area contributed by atoms with Crippen LogP contribution in [0.3, 0.4) is 0 Å². The highest BCUT2D eigenvalue weighted by molar-refractivity contribution is 5.96. The molecule has 6 heteroatoms. The molecule has 2 heterocycles. The second-order valence-corrected chi connectivity index (χ2v) is 5.29. The summed E-state index contributed by atoms with van der Waals surface area (Å²) >= 11 is 0. The second kappa shape index (κ2) is 4.95. The Labute approximate surface area is 131 Å². The Kier molecular flexibility index (Phi) is 2.90. The number of hydrogen-bond donors (Lipinski definition) is 2. The van der Waals surface area contributed by atoms with Crippen LogP contribution in [-0.2, 0) is 4.79 Å². The zero-order valence-corrected chi connectivity index (χ0v) is 12.4. The number of rotatable bonds is 2. The van der Waals surface area contributed by atoms with Crippen molar-refractivity contribution in [2.45, 2.75) is 0 Å². The summed E-state index contributed by atoms with van der Waals surface area (Å²) in [5, 5.41) is 14.9. The Hall–Kier alpha value is -3.15. The van der Waals surface area contributed by atoms with Crippen molar-refractivity contribution in [3.05, 3.63) is 42.6 Å². The number of methoxy groups -OCH3 is 1. The summed E-state index contributed by atoms with van der Waals surface area (Å²) in [7, 11) is 1.58. The summed E-state index contributed by atoms with van der Waals surface area (Å²) in [5.74, 6) is 1.21. The fraction of sp³-hybridized carbons (Fsp3) is 0.118. The number of ether oxygens (including phenoxy) is 2. The normalized spacial score (nSPS) is 13.3. The fourth-order valence-corrected chi connectivity index (χ4v) is 2.72. The zero-order chi connectivity index (χ0) is 16.0. The molecule has 3 aromatic rings. The number of anilines is 1. The fourth-order valence-electron chi connectivity index (χ4n) is 2.72. The van der Waals surface area contributed by atoms with Crippen molar-refractivity contribution in [1.82, 2.24) is 4.57 Å². The van der Waals surface area contributed by atoms with E-state index in [1.807, 2.05) is 24.4 Å². The highest BCUT2D eigenvalue weighted by Gasteiger charge is 2.18. The topological polar surface area (TPSA) is 72.7 Å². The number of benzene rings is 2. The van der Waals surface area contributed by atoms with Gasteiger partial charge in [0.1, 0.15) is 11.5 Å². The van der Waals surface area contributed by atoms with Crippen molar-refractivity contribution in [2.24, 2.45) is 0 Å². The molecular formula is C17H14N2O4. The van der Waals surface area contributed by atoms with E-state index in [0.29, 0.717) is 22.6 Å². The molecule has 1 aliphatic rings. The number of aromatic nitrogens is 1. The SMILES string of the molecule is COc1ccc2cn(-c3ccc4c(c3)NC(=O)CO4)c(O)c2c1. The van der Waals surface area contributed by atoms with Crippen molar-refractivity contribution < 1.29 is 19.4 Å². The van der Waals surface area contributed by atoms with E-state index in [1.165, 1.54) is 0 Å². The molecule has 0 spiro atoms. The van der Waals surface area contributed by atoms with E-state index in [9.17, 15) is 9.90 Å². The van der Waals surface area contributed by atoms with Gasteiger partial charge in [0.05, 0.1) is 18.5 Å². The average Bonchev–Trinajstić information content (AvgIpc) is 2.90. The first-order valence-corrected chi connectivity index (χ1v) is 7.11. The third-order valence-corrected chi connectivity index (χ3v) is 3.87. The van der Waals surface area contributed by atoms with Crippen molar-refractivity contribution in [3.63, 3.8) is 0 Å². The van der Waals surface area contributed by atoms with Crippen LogP contribution in [0.15, 0.2) is 42.6 Å². The summed E-state index contributed by atoms with van der Waals surface area (Å²) in [6, 6.07) is 10.9. The molecule has 1 aromatic heterocycles. The van der Waals surface area contributed by atoms with Gasteiger partial charge in [-0.15, -0.1) is 0 Å². The van der Waals surface area contributed by atoms with E-state index in [1.54, 1.807) is 29.9 Å². The number of carbonyl (C=O) groups excluding carboxylic acids is 1. The third kappa shape index (κ3) is 2.15. The van der Waals surface area contributed by atoms with Crippen LogP contribution in [0.5, 0.6) is 17.4 Å². The van der Waals surface area contributed by atoms with Gasteiger partial charge in [-0.3, -0.25) is 9.36 Å². The largest absolute Gasteiger partial charge is 0.497 e. The molecule has 116 valence electrons. The van der Waals surface area contributed by atoms with Gasteiger partial charge in [0, 0.05) is 17.0 Å². The van der Waals surface area contributed by atoms with E-state index in [2.05, 4.69) is 5.32 Å². The first kappa shape index (κ1) is 13.5. The number of fused-ring (bicyclic) bond motifs is 2. The Morgan fingerprint density at radius 2 is 2.13 bits per heavy atom. The first-order valence-electron chi connectivity index (χ1n) is 7.11. The molecule has 6 nitrogen and oxygen atoms in total. The van der Waals surface area contributed by atoms with E-state index in [-0.39, 0.29) is 18.4 Å². The smallest absolute Gasteiger partial charge is 0.262 e. The Balaban J connectivity index is 1.84. The van der Waals surface area contributed by atoms with Crippen molar-refractivity contribution >= 4 is 22.4 Å². The molecule has 0 bridgehead atoms. The Morgan fingerprint density at radius 3 is 2.96 bits per heavy atom. The monoisotopic (exact) mass is 310 g/mol. The molecule has 0 atom stereocenters. The van der Waals surface area contributed by atoms with E-state index < -0.39 is 0 Å². The quantitative estimate of drug-likeness (QED) is 0.763. The number of hydrogen-bond acceptors (Lipinski definition) is 4. The molecule has 0 saturated carbocycles. The van der Waals surface area contributed by atoms with Crippen LogP contribution in [-0.4, -0.2) is 29.3 Å². The van der Waals surface area contributed by atoms with Crippen LogP contribution >= 0.6 is 0 Å². The lowest BCUT2D eigenvalue weighted by Crippen LogP contribution is -2.25. The zero-order valence-electron chi connectivity index (χ0n) is 12.4. The average molecular weight is 310 g/mol. The minimum atomic E-state index is -0.193. The molecule has 1 aliphatic heterocycles. The van der Waals surface area contributed by atoms with Gasteiger partial charge in [-0.05, 0) is 36.4 Å². The third-order valence-electron chi connectivity index (χ3n) is 3.87. The van der Waals surface area contributed by atoms with Crippen LogP contribution in [0.25, 0.3) is 16.5 Å². The Bertz CT molecular complexity index is 930. The molecular weight excluding hydrogens is 296 g/mol. The summed E-state index contributed by atoms with van der Waals surface area (Å²) in [6.07, 6.45) is 1.83. The van der Waals surface area contributed by atoms with Gasteiger partial charge in [-0.2, -0.15) is 0 Å². The number of aromatic hydroxyl groups is 1. The van der Waals surface area contributed by atoms with Gasteiger partial charge in [-0.1, -0.05) is 0 Å². The van der Waals surface area contributed by atoms with Gasteiger partial charge in [0.2, 0.25) is 5.88 Å². The standard InChI is InChI=1S/C17H14N2O4/c1-22-12-4-2-10-8-19(17(21)13(10)7-12)11-3-5-15-14(6-11)18-16(20)9-23-15/h2-8,21H,9H2,1H3,(H,18,20). The minimum absolute atomic E-state index is 0.0186. The highest BCUT2D eigenvalue weighted by atomic mass is 16.5. The Morgan fingerprint density at radius 1 is 1.26 bits per heavy atom. The molecule has 23 heavy (non-hydrogen) atoms. The van der Waals surface area contributed by atoms with Gasteiger partial charge in [0.15, 0.2) is 6.61 Å². The lowest BCUT2D eigenvalue weighted by Gasteiger charge is -2.18. The van der Waals surface area contributed by atoms with Crippen LogP contribution in [0, 0.1) is 0 Å².